The van der Waals surface area contributed by atoms with E-state index >= 15 is 0 Å². The van der Waals surface area contributed by atoms with E-state index in [4.69, 9.17) is 4.42 Å². The van der Waals surface area contributed by atoms with E-state index in [2.05, 4.69) is 230 Å². The summed E-state index contributed by atoms with van der Waals surface area (Å²) >= 11 is 0. The minimum atomic E-state index is 0.486. The summed E-state index contributed by atoms with van der Waals surface area (Å²) in [7, 11) is 0. The molecule has 0 spiro atoms. The number of benzene rings is 10. The molecule has 0 aliphatic rings. The first-order valence-corrected chi connectivity index (χ1v) is 23.0. The van der Waals surface area contributed by atoms with E-state index < -0.39 is 0 Å². The van der Waals surface area contributed by atoms with Crippen LogP contribution in [0.15, 0.2) is 241 Å². The standard InChI is InChI=1S/C62H39N5O/c1-4-14-40(15-5-1)61-63-64-62(68-61)41-24-30-48(31-25-41)67-59-34-28-44(42-26-32-57-51(36-42)49-20-10-12-22-55(49)65(57)46-16-6-2-7-17-46)38-53(59)54-39-45(29-35-60(54)67)43-27-33-58-52(37-43)50-21-11-13-23-56(50)66(58)47-18-8-3-9-19-47/h1-39H. The lowest BCUT2D eigenvalue weighted by atomic mass is 9.98. The van der Waals surface area contributed by atoms with Gasteiger partial charge in [0.05, 0.1) is 33.1 Å². The summed E-state index contributed by atoms with van der Waals surface area (Å²) in [6, 6.07) is 84.7. The number of hydrogen-bond acceptors (Lipinski definition) is 3. The van der Waals surface area contributed by atoms with Gasteiger partial charge >= 0.3 is 0 Å². The highest BCUT2D eigenvalue weighted by molar-refractivity contribution is 6.14. The van der Waals surface area contributed by atoms with Crippen LogP contribution in [0.2, 0.25) is 0 Å². The monoisotopic (exact) mass is 869 g/mol. The Balaban J connectivity index is 0.933. The largest absolute Gasteiger partial charge is 0.416 e. The molecule has 0 amide bonds. The molecule has 0 aliphatic heterocycles. The Bertz CT molecular complexity index is 4020. The first-order valence-electron chi connectivity index (χ1n) is 23.0. The van der Waals surface area contributed by atoms with Gasteiger partial charge in [-0.1, -0.05) is 115 Å². The van der Waals surface area contributed by atoms with Gasteiger partial charge in [0, 0.05) is 60.5 Å². The highest BCUT2D eigenvalue weighted by atomic mass is 16.4. The van der Waals surface area contributed by atoms with Crippen molar-refractivity contribution < 1.29 is 4.42 Å². The van der Waals surface area contributed by atoms with Gasteiger partial charge in [-0.15, -0.1) is 10.2 Å². The van der Waals surface area contributed by atoms with Crippen LogP contribution in [-0.4, -0.2) is 23.9 Å². The van der Waals surface area contributed by atoms with Gasteiger partial charge in [-0.3, -0.25) is 0 Å². The predicted molar refractivity (Wildman–Crippen MR) is 279 cm³/mol. The zero-order valence-electron chi connectivity index (χ0n) is 36.7. The molecule has 0 unspecified atom stereocenters. The minimum Gasteiger partial charge on any atom is -0.416 e. The number of nitrogens with zero attached hydrogens (tertiary/aromatic N) is 5. The average molecular weight is 870 g/mol. The number of hydrogen-bond donors (Lipinski definition) is 0. The third-order valence-electron chi connectivity index (χ3n) is 13.6. The summed E-state index contributed by atoms with van der Waals surface area (Å²) in [4.78, 5) is 0. The summed E-state index contributed by atoms with van der Waals surface area (Å²) < 4.78 is 13.3. The molecule has 0 bridgehead atoms. The second-order valence-corrected chi connectivity index (χ2v) is 17.5. The molecular weight excluding hydrogens is 831 g/mol. The van der Waals surface area contributed by atoms with Crippen molar-refractivity contribution in [2.45, 2.75) is 0 Å². The van der Waals surface area contributed by atoms with E-state index in [1.54, 1.807) is 0 Å². The Kier molecular flexibility index (Phi) is 8.48. The molecule has 4 heterocycles. The van der Waals surface area contributed by atoms with Crippen LogP contribution in [0.4, 0.5) is 0 Å². The van der Waals surface area contributed by atoms with Crippen LogP contribution in [0.3, 0.4) is 0 Å². The summed E-state index contributed by atoms with van der Waals surface area (Å²) in [6.07, 6.45) is 0. The fourth-order valence-electron chi connectivity index (χ4n) is 10.5. The fourth-order valence-corrected chi connectivity index (χ4v) is 10.5. The molecule has 0 aliphatic carbocycles. The van der Waals surface area contributed by atoms with E-state index in [9.17, 15) is 0 Å². The van der Waals surface area contributed by atoms with Gasteiger partial charge in [-0.25, -0.2) is 0 Å². The molecule has 68 heavy (non-hydrogen) atoms. The SMILES string of the molecule is c1ccc(-c2nnc(-c3ccc(-n4c5ccc(-c6ccc7c(c6)c6ccccc6n7-c6ccccc6)cc5c5cc(-c6ccc7c(c6)c6ccccc6n7-c6ccccc6)ccc54)cc3)o2)cc1. The molecule has 0 radical (unpaired) electrons. The molecule has 0 fully saturated rings. The van der Waals surface area contributed by atoms with Crippen molar-refractivity contribution in [2.75, 3.05) is 0 Å². The normalized spacial score (nSPS) is 11.8. The Hall–Kier alpha value is -9.26. The van der Waals surface area contributed by atoms with Crippen LogP contribution in [0.5, 0.6) is 0 Å². The van der Waals surface area contributed by atoms with Crippen LogP contribution < -0.4 is 0 Å². The van der Waals surface area contributed by atoms with Crippen molar-refractivity contribution >= 4 is 65.4 Å². The second kappa shape index (κ2) is 15.2. The molecule has 0 N–H and O–H groups in total. The summed E-state index contributed by atoms with van der Waals surface area (Å²) in [5, 5.41) is 16.1. The molecule has 10 aromatic carbocycles. The quantitative estimate of drug-likeness (QED) is 0.160. The van der Waals surface area contributed by atoms with Crippen molar-refractivity contribution in [2.24, 2.45) is 0 Å². The number of para-hydroxylation sites is 4. The molecule has 0 atom stereocenters. The minimum absolute atomic E-state index is 0.486. The maximum absolute atomic E-state index is 6.15. The van der Waals surface area contributed by atoms with Gasteiger partial charge in [0.2, 0.25) is 11.8 Å². The molecule has 0 saturated heterocycles. The van der Waals surface area contributed by atoms with E-state index in [0.717, 1.165) is 50.3 Å². The zero-order chi connectivity index (χ0) is 44.7. The fraction of sp³-hybridized carbons (Fsp3) is 0. The Morgan fingerprint density at radius 1 is 0.235 bits per heavy atom. The van der Waals surface area contributed by atoms with Gasteiger partial charge in [0.15, 0.2) is 0 Å². The third-order valence-corrected chi connectivity index (χ3v) is 13.6. The lowest BCUT2D eigenvalue weighted by molar-refractivity contribution is 0.584. The second-order valence-electron chi connectivity index (χ2n) is 17.5. The first kappa shape index (κ1) is 38.1. The lowest BCUT2D eigenvalue weighted by Gasteiger charge is -2.10. The summed E-state index contributed by atoms with van der Waals surface area (Å²) in [5.74, 6) is 0.987. The van der Waals surface area contributed by atoms with Crippen molar-refractivity contribution in [3.05, 3.63) is 237 Å². The van der Waals surface area contributed by atoms with Gasteiger partial charge in [-0.05, 0) is 144 Å². The highest BCUT2D eigenvalue weighted by Gasteiger charge is 2.19. The van der Waals surface area contributed by atoms with Crippen LogP contribution in [0.25, 0.3) is 128 Å². The molecule has 14 aromatic rings. The smallest absolute Gasteiger partial charge is 0.248 e. The van der Waals surface area contributed by atoms with E-state index in [0.29, 0.717) is 11.8 Å². The molecule has 14 rings (SSSR count). The molecule has 6 heteroatoms. The first-order chi connectivity index (χ1) is 33.7. The lowest BCUT2D eigenvalue weighted by Crippen LogP contribution is -1.94. The van der Waals surface area contributed by atoms with Crippen molar-refractivity contribution in [3.63, 3.8) is 0 Å². The Morgan fingerprint density at radius 2 is 0.529 bits per heavy atom. The number of rotatable bonds is 7. The van der Waals surface area contributed by atoms with Crippen molar-refractivity contribution in [3.8, 4) is 62.2 Å². The third kappa shape index (κ3) is 5.98. The average Bonchev–Trinajstić information content (AvgIpc) is 4.19. The van der Waals surface area contributed by atoms with Crippen molar-refractivity contribution in [1.29, 1.82) is 0 Å². The van der Waals surface area contributed by atoms with Crippen LogP contribution in [0.1, 0.15) is 0 Å². The molecule has 6 nitrogen and oxygen atoms in total. The summed E-state index contributed by atoms with van der Waals surface area (Å²) in [5.41, 5.74) is 16.8. The number of aromatic nitrogens is 5. The van der Waals surface area contributed by atoms with Crippen molar-refractivity contribution in [1.82, 2.24) is 23.9 Å². The molecule has 318 valence electrons. The highest BCUT2D eigenvalue weighted by Crippen LogP contribution is 2.41. The van der Waals surface area contributed by atoms with Crippen LogP contribution in [0, 0.1) is 0 Å². The van der Waals surface area contributed by atoms with Crippen LogP contribution >= 0.6 is 0 Å². The molecular formula is C62H39N5O. The molecule has 4 aromatic heterocycles. The van der Waals surface area contributed by atoms with E-state index in [1.807, 2.05) is 30.3 Å². The van der Waals surface area contributed by atoms with E-state index in [-0.39, 0.29) is 0 Å². The zero-order valence-corrected chi connectivity index (χ0v) is 36.7. The van der Waals surface area contributed by atoms with Gasteiger partial charge < -0.3 is 18.1 Å². The van der Waals surface area contributed by atoms with Gasteiger partial charge in [-0.2, -0.15) is 0 Å². The summed E-state index contributed by atoms with van der Waals surface area (Å²) in [6.45, 7) is 0. The Morgan fingerprint density at radius 3 is 0.941 bits per heavy atom. The maximum Gasteiger partial charge on any atom is 0.248 e. The molecule has 0 saturated carbocycles. The van der Waals surface area contributed by atoms with Crippen LogP contribution in [-0.2, 0) is 0 Å². The van der Waals surface area contributed by atoms with Gasteiger partial charge in [0.25, 0.3) is 0 Å². The predicted octanol–water partition coefficient (Wildman–Crippen LogP) is 16.0. The Labute approximate surface area is 390 Å². The number of fused-ring (bicyclic) bond motifs is 9. The maximum atomic E-state index is 6.15. The van der Waals surface area contributed by atoms with E-state index in [1.165, 1.54) is 65.5 Å². The topological polar surface area (TPSA) is 53.7 Å². The van der Waals surface area contributed by atoms with Gasteiger partial charge in [0.1, 0.15) is 0 Å².